The SMILES string of the molecule is COc1ccc(/C(O)=C2\C(=O)C(=O)N(c3ccc(Cl)cc3)C2c2cn(C)c3ccccc23)cc1Cl. The van der Waals surface area contributed by atoms with Crippen LogP contribution < -0.4 is 9.64 Å². The number of methoxy groups -OCH3 is 1. The maximum atomic E-state index is 13.4. The predicted octanol–water partition coefficient (Wildman–Crippen LogP) is 6.12. The number of amides is 1. The van der Waals surface area contributed by atoms with Crippen LogP contribution in [0.3, 0.4) is 0 Å². The van der Waals surface area contributed by atoms with E-state index < -0.39 is 17.7 Å². The summed E-state index contributed by atoms with van der Waals surface area (Å²) in [7, 11) is 3.38. The van der Waals surface area contributed by atoms with Gasteiger partial charge in [0.15, 0.2) is 0 Å². The van der Waals surface area contributed by atoms with Gasteiger partial charge in [-0.05, 0) is 48.5 Å². The maximum absolute atomic E-state index is 13.4. The third-order valence-corrected chi connectivity index (χ3v) is 6.74. The number of ether oxygens (including phenoxy) is 1. The number of nitrogens with zero attached hydrogens (tertiary/aromatic N) is 2. The van der Waals surface area contributed by atoms with E-state index in [1.807, 2.05) is 42.1 Å². The molecule has 6 nitrogen and oxygen atoms in total. The minimum absolute atomic E-state index is 0.0254. The Hall–Kier alpha value is -3.74. The lowest BCUT2D eigenvalue weighted by molar-refractivity contribution is -0.132. The van der Waals surface area contributed by atoms with Gasteiger partial charge in [-0.2, -0.15) is 0 Å². The summed E-state index contributed by atoms with van der Waals surface area (Å²) in [5.74, 6) is -1.42. The number of rotatable bonds is 4. The third-order valence-electron chi connectivity index (χ3n) is 6.20. The topological polar surface area (TPSA) is 71.8 Å². The summed E-state index contributed by atoms with van der Waals surface area (Å²) in [5.41, 5.74) is 2.40. The van der Waals surface area contributed by atoms with Crippen molar-refractivity contribution in [2.45, 2.75) is 6.04 Å². The van der Waals surface area contributed by atoms with Crippen LogP contribution in [-0.2, 0) is 16.6 Å². The number of aliphatic hydroxyl groups is 1. The molecule has 5 rings (SSSR count). The fourth-order valence-electron chi connectivity index (χ4n) is 4.55. The number of carbonyl (C=O) groups is 2. The summed E-state index contributed by atoms with van der Waals surface area (Å²) < 4.78 is 7.12. The molecule has 4 aromatic rings. The Morgan fingerprint density at radius 1 is 1.00 bits per heavy atom. The number of anilines is 1. The van der Waals surface area contributed by atoms with Crippen molar-refractivity contribution < 1.29 is 19.4 Å². The van der Waals surface area contributed by atoms with Crippen molar-refractivity contribution in [2.75, 3.05) is 12.0 Å². The third kappa shape index (κ3) is 3.75. The smallest absolute Gasteiger partial charge is 0.300 e. The van der Waals surface area contributed by atoms with E-state index >= 15 is 0 Å². The zero-order valence-electron chi connectivity index (χ0n) is 18.8. The van der Waals surface area contributed by atoms with E-state index in [-0.39, 0.29) is 16.4 Å². The van der Waals surface area contributed by atoms with Crippen LogP contribution in [0.1, 0.15) is 17.2 Å². The van der Waals surface area contributed by atoms with Gasteiger partial charge in [-0.15, -0.1) is 0 Å². The summed E-state index contributed by atoms with van der Waals surface area (Å²) in [5, 5.41) is 13.0. The molecule has 176 valence electrons. The van der Waals surface area contributed by atoms with Gasteiger partial charge in [0.25, 0.3) is 11.7 Å². The number of benzene rings is 3. The Kier molecular flexibility index (Phi) is 5.79. The second-order valence-corrected chi connectivity index (χ2v) is 9.05. The van der Waals surface area contributed by atoms with Crippen molar-refractivity contribution in [3.05, 3.63) is 99.7 Å². The molecule has 3 aromatic carbocycles. The average Bonchev–Trinajstić information content (AvgIpc) is 3.32. The van der Waals surface area contributed by atoms with Crippen molar-refractivity contribution in [3.8, 4) is 5.75 Å². The molecule has 1 amide bonds. The second-order valence-electron chi connectivity index (χ2n) is 8.21. The number of fused-ring (bicyclic) bond motifs is 1. The van der Waals surface area contributed by atoms with Crippen LogP contribution in [0.4, 0.5) is 5.69 Å². The lowest BCUT2D eigenvalue weighted by Crippen LogP contribution is -2.29. The highest BCUT2D eigenvalue weighted by molar-refractivity contribution is 6.52. The van der Waals surface area contributed by atoms with Gasteiger partial charge in [-0.25, -0.2) is 0 Å². The van der Waals surface area contributed by atoms with E-state index in [2.05, 4.69) is 0 Å². The van der Waals surface area contributed by atoms with Gasteiger partial charge in [0.1, 0.15) is 11.5 Å². The fourth-order valence-corrected chi connectivity index (χ4v) is 4.94. The van der Waals surface area contributed by atoms with Gasteiger partial charge >= 0.3 is 0 Å². The zero-order valence-corrected chi connectivity index (χ0v) is 20.3. The molecule has 0 saturated carbocycles. The van der Waals surface area contributed by atoms with Crippen LogP contribution in [-0.4, -0.2) is 28.5 Å². The molecule has 35 heavy (non-hydrogen) atoms. The molecular weight excluding hydrogens is 487 g/mol. The molecule has 1 aliphatic rings. The fraction of sp³-hybridized carbons (Fsp3) is 0.111. The summed E-state index contributed by atoms with van der Waals surface area (Å²) in [4.78, 5) is 28.2. The first kappa shape index (κ1) is 23.0. The zero-order chi connectivity index (χ0) is 24.9. The number of hydrogen-bond acceptors (Lipinski definition) is 4. The quantitative estimate of drug-likeness (QED) is 0.205. The number of ketones is 1. The monoisotopic (exact) mass is 506 g/mol. The van der Waals surface area contributed by atoms with Gasteiger partial charge in [-0.3, -0.25) is 14.5 Å². The van der Waals surface area contributed by atoms with E-state index in [1.54, 1.807) is 36.4 Å². The molecular formula is C27H20Cl2N2O4. The van der Waals surface area contributed by atoms with Crippen molar-refractivity contribution >= 4 is 57.2 Å². The highest BCUT2D eigenvalue weighted by Crippen LogP contribution is 2.45. The molecule has 0 bridgehead atoms. The van der Waals surface area contributed by atoms with Crippen LogP contribution in [0, 0.1) is 0 Å². The minimum Gasteiger partial charge on any atom is -0.507 e. The Bertz CT molecular complexity index is 1520. The largest absolute Gasteiger partial charge is 0.507 e. The van der Waals surface area contributed by atoms with E-state index in [1.165, 1.54) is 18.1 Å². The van der Waals surface area contributed by atoms with Crippen molar-refractivity contribution in [1.82, 2.24) is 4.57 Å². The average molecular weight is 507 g/mol. The van der Waals surface area contributed by atoms with E-state index in [0.29, 0.717) is 27.6 Å². The summed E-state index contributed by atoms with van der Waals surface area (Å²) in [6.07, 6.45) is 1.87. The van der Waals surface area contributed by atoms with Gasteiger partial charge < -0.3 is 14.4 Å². The van der Waals surface area contributed by atoms with E-state index in [0.717, 1.165) is 10.9 Å². The normalized spacial score (nSPS) is 17.4. The number of para-hydroxylation sites is 1. The van der Waals surface area contributed by atoms with Gasteiger partial charge in [0.2, 0.25) is 0 Å². The molecule has 0 aliphatic carbocycles. The molecule has 1 saturated heterocycles. The van der Waals surface area contributed by atoms with E-state index in [4.69, 9.17) is 27.9 Å². The van der Waals surface area contributed by atoms with Gasteiger partial charge in [0, 0.05) is 46.0 Å². The second kappa shape index (κ2) is 8.80. The number of aromatic nitrogens is 1. The molecule has 8 heteroatoms. The van der Waals surface area contributed by atoms with Crippen LogP contribution in [0.25, 0.3) is 16.7 Å². The van der Waals surface area contributed by atoms with Crippen molar-refractivity contribution in [2.24, 2.45) is 7.05 Å². The van der Waals surface area contributed by atoms with Crippen LogP contribution in [0.15, 0.2) is 78.5 Å². The number of Topliss-reactive ketones (excluding diaryl/α,β-unsaturated/α-hetero) is 1. The van der Waals surface area contributed by atoms with Crippen LogP contribution >= 0.6 is 23.2 Å². The molecule has 2 heterocycles. The number of aryl methyl sites for hydroxylation is 1. The molecule has 1 unspecified atom stereocenters. The standard InChI is InChI=1S/C27H20Cl2N2O4/c1-30-14-19(18-5-3-4-6-21(18)30)24-23(25(32)15-7-12-22(35-2)20(29)13-15)26(33)27(34)31(24)17-10-8-16(28)9-11-17/h3-14,24,32H,1-2H3/b25-23+. The molecule has 0 radical (unpaired) electrons. The molecule has 1 N–H and O–H groups in total. The molecule has 1 fully saturated rings. The predicted molar refractivity (Wildman–Crippen MR) is 137 cm³/mol. The summed E-state index contributed by atoms with van der Waals surface area (Å²) in [6.45, 7) is 0. The Morgan fingerprint density at radius 2 is 1.71 bits per heavy atom. The molecule has 1 aromatic heterocycles. The molecule has 1 aliphatic heterocycles. The maximum Gasteiger partial charge on any atom is 0.300 e. The van der Waals surface area contributed by atoms with Crippen molar-refractivity contribution in [1.29, 1.82) is 0 Å². The lowest BCUT2D eigenvalue weighted by Gasteiger charge is -2.25. The Morgan fingerprint density at radius 3 is 2.40 bits per heavy atom. The molecule has 0 spiro atoms. The minimum atomic E-state index is -0.872. The highest BCUT2D eigenvalue weighted by atomic mass is 35.5. The van der Waals surface area contributed by atoms with Crippen LogP contribution in [0.2, 0.25) is 10.0 Å². The Balaban J connectivity index is 1.79. The lowest BCUT2D eigenvalue weighted by atomic mass is 9.94. The van der Waals surface area contributed by atoms with Crippen LogP contribution in [0.5, 0.6) is 5.75 Å². The number of carbonyl (C=O) groups excluding carboxylic acids is 2. The number of hydrogen-bond donors (Lipinski definition) is 1. The number of aliphatic hydroxyl groups excluding tert-OH is 1. The van der Waals surface area contributed by atoms with Gasteiger partial charge in [-0.1, -0.05) is 41.4 Å². The first-order valence-corrected chi connectivity index (χ1v) is 11.5. The molecule has 1 atom stereocenters. The van der Waals surface area contributed by atoms with E-state index in [9.17, 15) is 14.7 Å². The van der Waals surface area contributed by atoms with Crippen molar-refractivity contribution in [3.63, 3.8) is 0 Å². The highest BCUT2D eigenvalue weighted by Gasteiger charge is 2.47. The first-order chi connectivity index (χ1) is 16.8. The number of halogens is 2. The first-order valence-electron chi connectivity index (χ1n) is 10.8. The Labute approximate surface area is 211 Å². The summed E-state index contributed by atoms with van der Waals surface area (Å²) >= 11 is 12.4. The van der Waals surface area contributed by atoms with Gasteiger partial charge in [0.05, 0.1) is 23.7 Å². The summed E-state index contributed by atoms with van der Waals surface area (Å²) in [6, 6.07) is 18.2.